The molecule has 0 fully saturated rings. The standard InChI is InChI=1S/C14H21N3O2.ClH/c1-3-4-8-12(14(18)19)17(2)11-7-5-6-10(9-11)13(15)16;/h5-7,9,12H,3-4,8H2,1-2H3,(H3,15,16)(H,18,19);1H/t12-;/m0./s1. The fourth-order valence-electron chi connectivity index (χ4n) is 1.95. The summed E-state index contributed by atoms with van der Waals surface area (Å²) in [6, 6.07) is 6.53. The Kier molecular flexibility index (Phi) is 7.69. The second-order valence-corrected chi connectivity index (χ2v) is 4.57. The van der Waals surface area contributed by atoms with E-state index < -0.39 is 12.0 Å². The molecule has 0 unspecified atom stereocenters. The van der Waals surface area contributed by atoms with Crippen LogP contribution in [-0.4, -0.2) is 30.0 Å². The fraction of sp³-hybridized carbons (Fsp3) is 0.429. The number of aliphatic carboxylic acids is 1. The number of nitrogens with zero attached hydrogens (tertiary/aromatic N) is 1. The average molecular weight is 300 g/mol. The molecule has 0 saturated carbocycles. The predicted octanol–water partition coefficient (Wildman–Crippen LogP) is 2.47. The van der Waals surface area contributed by atoms with Gasteiger partial charge in [0.15, 0.2) is 0 Å². The highest BCUT2D eigenvalue weighted by Crippen LogP contribution is 2.19. The van der Waals surface area contributed by atoms with Gasteiger partial charge in [0.05, 0.1) is 0 Å². The van der Waals surface area contributed by atoms with Gasteiger partial charge in [-0.25, -0.2) is 4.79 Å². The molecule has 0 spiro atoms. The van der Waals surface area contributed by atoms with Crippen LogP contribution >= 0.6 is 12.4 Å². The van der Waals surface area contributed by atoms with E-state index >= 15 is 0 Å². The van der Waals surface area contributed by atoms with Crippen LogP contribution in [0.4, 0.5) is 5.69 Å². The molecule has 0 bridgehead atoms. The molecule has 4 N–H and O–H groups in total. The summed E-state index contributed by atoms with van der Waals surface area (Å²) in [6.45, 7) is 2.04. The molecule has 1 atom stereocenters. The Labute approximate surface area is 125 Å². The van der Waals surface area contributed by atoms with Crippen molar-refractivity contribution in [1.29, 1.82) is 5.41 Å². The van der Waals surface area contributed by atoms with Crippen LogP contribution in [-0.2, 0) is 4.79 Å². The molecule has 112 valence electrons. The molecule has 0 aliphatic carbocycles. The lowest BCUT2D eigenvalue weighted by Gasteiger charge is -2.27. The number of carbonyl (C=O) groups is 1. The van der Waals surface area contributed by atoms with E-state index in [4.69, 9.17) is 11.1 Å². The second kappa shape index (κ2) is 8.43. The number of likely N-dealkylation sites (N-methyl/N-ethyl adjacent to an activating group) is 1. The number of anilines is 1. The largest absolute Gasteiger partial charge is 0.480 e. The van der Waals surface area contributed by atoms with Crippen molar-refractivity contribution in [2.24, 2.45) is 5.73 Å². The van der Waals surface area contributed by atoms with E-state index in [1.165, 1.54) is 0 Å². The Morgan fingerprint density at radius 3 is 2.65 bits per heavy atom. The highest BCUT2D eigenvalue weighted by Gasteiger charge is 2.22. The molecule has 0 radical (unpaired) electrons. The first-order valence-electron chi connectivity index (χ1n) is 6.37. The number of halogens is 1. The zero-order chi connectivity index (χ0) is 14.4. The normalized spacial score (nSPS) is 11.3. The van der Waals surface area contributed by atoms with Crippen LogP contribution in [0.2, 0.25) is 0 Å². The molecule has 6 heteroatoms. The summed E-state index contributed by atoms with van der Waals surface area (Å²) < 4.78 is 0. The topological polar surface area (TPSA) is 90.4 Å². The first-order valence-corrected chi connectivity index (χ1v) is 6.37. The summed E-state index contributed by atoms with van der Waals surface area (Å²) in [5.74, 6) is -0.847. The number of rotatable bonds is 7. The number of unbranched alkanes of at least 4 members (excludes halogenated alkanes) is 1. The molecule has 0 aliphatic rings. The quantitative estimate of drug-likeness (QED) is 0.533. The highest BCUT2D eigenvalue weighted by atomic mass is 35.5. The summed E-state index contributed by atoms with van der Waals surface area (Å²) in [4.78, 5) is 13.1. The van der Waals surface area contributed by atoms with Crippen molar-refractivity contribution in [1.82, 2.24) is 0 Å². The SMILES string of the molecule is CCCC[C@@H](C(=O)O)N(C)c1cccc(C(=N)N)c1.Cl. The molecular weight excluding hydrogens is 278 g/mol. The number of nitrogen functional groups attached to an aromatic ring is 1. The number of carboxylic acid groups (broad SMARTS) is 1. The fourth-order valence-corrected chi connectivity index (χ4v) is 1.95. The number of nitrogens with one attached hydrogen (secondary N) is 1. The zero-order valence-corrected chi connectivity index (χ0v) is 12.6. The van der Waals surface area contributed by atoms with Gasteiger partial charge in [0.25, 0.3) is 0 Å². The number of amidine groups is 1. The van der Waals surface area contributed by atoms with Gasteiger partial charge in [0.1, 0.15) is 11.9 Å². The van der Waals surface area contributed by atoms with Crippen LogP contribution in [0, 0.1) is 5.41 Å². The monoisotopic (exact) mass is 299 g/mol. The van der Waals surface area contributed by atoms with Crippen LogP contribution in [0.25, 0.3) is 0 Å². The lowest BCUT2D eigenvalue weighted by molar-refractivity contribution is -0.138. The first-order chi connectivity index (χ1) is 8.97. The van der Waals surface area contributed by atoms with E-state index in [0.717, 1.165) is 18.5 Å². The Bertz CT molecular complexity index is 465. The van der Waals surface area contributed by atoms with Gasteiger partial charge >= 0.3 is 5.97 Å². The predicted molar refractivity (Wildman–Crippen MR) is 84.1 cm³/mol. The van der Waals surface area contributed by atoms with Crippen molar-refractivity contribution in [3.05, 3.63) is 29.8 Å². The van der Waals surface area contributed by atoms with E-state index in [1.54, 1.807) is 30.1 Å². The molecule has 1 aromatic carbocycles. The first kappa shape index (κ1) is 18.2. The van der Waals surface area contributed by atoms with Gasteiger partial charge in [0, 0.05) is 18.3 Å². The number of nitrogens with two attached hydrogens (primary N) is 1. The van der Waals surface area contributed by atoms with Crippen molar-refractivity contribution < 1.29 is 9.90 Å². The second-order valence-electron chi connectivity index (χ2n) is 4.57. The molecule has 0 aliphatic heterocycles. The molecule has 1 rings (SSSR count). The molecule has 5 nitrogen and oxygen atoms in total. The van der Waals surface area contributed by atoms with Crippen molar-refractivity contribution in [2.45, 2.75) is 32.2 Å². The van der Waals surface area contributed by atoms with E-state index in [1.807, 2.05) is 13.0 Å². The lowest BCUT2D eigenvalue weighted by Crippen LogP contribution is -2.38. The van der Waals surface area contributed by atoms with Crippen LogP contribution in [0.5, 0.6) is 0 Å². The van der Waals surface area contributed by atoms with Crippen LogP contribution in [0.3, 0.4) is 0 Å². The van der Waals surface area contributed by atoms with E-state index in [-0.39, 0.29) is 18.2 Å². The summed E-state index contributed by atoms with van der Waals surface area (Å²) >= 11 is 0. The van der Waals surface area contributed by atoms with Crippen LogP contribution in [0.15, 0.2) is 24.3 Å². The third-order valence-corrected chi connectivity index (χ3v) is 3.15. The van der Waals surface area contributed by atoms with Crippen LogP contribution < -0.4 is 10.6 Å². The molecule has 0 heterocycles. The smallest absolute Gasteiger partial charge is 0.326 e. The minimum atomic E-state index is -0.829. The van der Waals surface area contributed by atoms with Gasteiger partial charge < -0.3 is 15.7 Å². The van der Waals surface area contributed by atoms with E-state index in [2.05, 4.69) is 0 Å². The maximum atomic E-state index is 11.3. The summed E-state index contributed by atoms with van der Waals surface area (Å²) in [6.07, 6.45) is 2.44. The van der Waals surface area contributed by atoms with Gasteiger partial charge in [-0.15, -0.1) is 12.4 Å². The van der Waals surface area contributed by atoms with Crippen molar-refractivity contribution in [3.63, 3.8) is 0 Å². The highest BCUT2D eigenvalue weighted by molar-refractivity contribution is 5.96. The third-order valence-electron chi connectivity index (χ3n) is 3.15. The Morgan fingerprint density at radius 2 is 2.15 bits per heavy atom. The van der Waals surface area contributed by atoms with Gasteiger partial charge in [-0.3, -0.25) is 5.41 Å². The van der Waals surface area contributed by atoms with Crippen molar-refractivity contribution >= 4 is 29.9 Å². The van der Waals surface area contributed by atoms with Gasteiger partial charge in [-0.2, -0.15) is 0 Å². The maximum Gasteiger partial charge on any atom is 0.326 e. The molecule has 20 heavy (non-hydrogen) atoms. The number of benzene rings is 1. The zero-order valence-electron chi connectivity index (χ0n) is 11.8. The van der Waals surface area contributed by atoms with E-state index in [0.29, 0.717) is 12.0 Å². The minimum absolute atomic E-state index is 0. The lowest BCUT2D eigenvalue weighted by atomic mass is 10.1. The number of hydrogen-bond acceptors (Lipinski definition) is 3. The van der Waals surface area contributed by atoms with Crippen molar-refractivity contribution in [3.8, 4) is 0 Å². The van der Waals surface area contributed by atoms with Gasteiger partial charge in [-0.05, 0) is 18.6 Å². The summed E-state index contributed by atoms with van der Waals surface area (Å²) in [5, 5.41) is 16.7. The Balaban J connectivity index is 0.00000361. The molecule has 0 saturated heterocycles. The third kappa shape index (κ3) is 4.74. The summed E-state index contributed by atoms with van der Waals surface area (Å²) in [5.41, 5.74) is 6.81. The van der Waals surface area contributed by atoms with E-state index in [9.17, 15) is 9.90 Å². The molecule has 0 amide bonds. The maximum absolute atomic E-state index is 11.3. The van der Waals surface area contributed by atoms with Crippen LogP contribution in [0.1, 0.15) is 31.7 Å². The Morgan fingerprint density at radius 1 is 1.50 bits per heavy atom. The summed E-state index contributed by atoms with van der Waals surface area (Å²) in [7, 11) is 1.76. The number of hydrogen-bond donors (Lipinski definition) is 3. The van der Waals surface area contributed by atoms with Gasteiger partial charge in [-0.1, -0.05) is 31.9 Å². The number of carboxylic acids is 1. The van der Waals surface area contributed by atoms with Crippen molar-refractivity contribution in [2.75, 3.05) is 11.9 Å². The minimum Gasteiger partial charge on any atom is -0.480 e. The molecular formula is C14H22ClN3O2. The Hall–Kier alpha value is -1.75. The molecule has 0 aromatic heterocycles. The van der Waals surface area contributed by atoms with Gasteiger partial charge in [0.2, 0.25) is 0 Å². The average Bonchev–Trinajstić information content (AvgIpc) is 2.38. The molecule has 1 aromatic rings.